The Bertz CT molecular complexity index is 389. The maximum absolute atomic E-state index is 7.31. The van der Waals surface area contributed by atoms with Crippen molar-refractivity contribution in [1.29, 1.82) is 5.41 Å². The molecular weight excluding hydrogens is 238 g/mol. The largest absolute Gasteiger partial charge is 0.492 e. The number of rotatable bonds is 8. The van der Waals surface area contributed by atoms with Gasteiger partial charge in [0.05, 0.1) is 0 Å². The molecule has 0 aromatic heterocycles. The van der Waals surface area contributed by atoms with E-state index in [2.05, 4.69) is 25.8 Å². The van der Waals surface area contributed by atoms with Crippen LogP contribution in [0.1, 0.15) is 25.8 Å². The molecule has 0 bridgehead atoms. The smallest absolute Gasteiger partial charge is 0.122 e. The van der Waals surface area contributed by atoms with Gasteiger partial charge in [-0.05, 0) is 37.2 Å². The van der Waals surface area contributed by atoms with E-state index in [1.807, 2.05) is 12.1 Å². The van der Waals surface area contributed by atoms with Crippen LogP contribution in [-0.4, -0.2) is 37.5 Å². The quantitative estimate of drug-likeness (QED) is 0.559. The van der Waals surface area contributed by atoms with E-state index in [0.29, 0.717) is 6.61 Å². The van der Waals surface area contributed by atoms with Crippen molar-refractivity contribution in [3.8, 4) is 5.75 Å². The maximum atomic E-state index is 7.31. The van der Waals surface area contributed by atoms with Gasteiger partial charge in [-0.25, -0.2) is 0 Å². The van der Waals surface area contributed by atoms with Gasteiger partial charge in [0.25, 0.3) is 0 Å². The molecule has 0 radical (unpaired) electrons. The topological polar surface area (TPSA) is 62.3 Å². The first-order valence-corrected chi connectivity index (χ1v) is 6.78. The van der Waals surface area contributed by atoms with Crippen LogP contribution in [0.4, 0.5) is 0 Å². The van der Waals surface area contributed by atoms with Gasteiger partial charge >= 0.3 is 0 Å². The lowest BCUT2D eigenvalue weighted by atomic mass is 10.1. The lowest BCUT2D eigenvalue weighted by Crippen LogP contribution is -2.28. The van der Waals surface area contributed by atoms with Crippen molar-refractivity contribution in [1.82, 2.24) is 4.90 Å². The summed E-state index contributed by atoms with van der Waals surface area (Å²) >= 11 is 0. The molecule has 0 saturated heterocycles. The second-order valence-corrected chi connectivity index (χ2v) is 5.06. The summed E-state index contributed by atoms with van der Waals surface area (Å²) in [7, 11) is 2.12. The lowest BCUT2D eigenvalue weighted by molar-refractivity contribution is 0.217. The van der Waals surface area contributed by atoms with Gasteiger partial charge in [0.15, 0.2) is 0 Å². The normalized spacial score (nSPS) is 12.4. The van der Waals surface area contributed by atoms with Gasteiger partial charge in [0.1, 0.15) is 18.2 Å². The summed E-state index contributed by atoms with van der Waals surface area (Å²) in [6.07, 6.45) is 1.21. The highest BCUT2D eigenvalue weighted by atomic mass is 16.5. The van der Waals surface area contributed by atoms with Crippen LogP contribution in [0.2, 0.25) is 0 Å². The number of likely N-dealkylation sites (N-methyl/N-ethyl adjacent to an activating group) is 1. The van der Waals surface area contributed by atoms with Crippen LogP contribution in [0.25, 0.3) is 0 Å². The Hall–Kier alpha value is -1.55. The summed E-state index contributed by atoms with van der Waals surface area (Å²) < 4.78 is 5.67. The van der Waals surface area contributed by atoms with Crippen LogP contribution < -0.4 is 10.5 Å². The summed E-state index contributed by atoms with van der Waals surface area (Å²) in [6.45, 7) is 7.16. The lowest BCUT2D eigenvalue weighted by Gasteiger charge is -2.20. The SMILES string of the molecule is CCC(C)CN(C)CCOc1ccc(C(=N)N)cc1. The Morgan fingerprint density at radius 1 is 1.37 bits per heavy atom. The first-order valence-electron chi connectivity index (χ1n) is 6.78. The summed E-state index contributed by atoms with van der Waals surface area (Å²) in [4.78, 5) is 2.29. The van der Waals surface area contributed by atoms with Crippen LogP contribution in [0.3, 0.4) is 0 Å². The van der Waals surface area contributed by atoms with Crippen molar-refractivity contribution in [2.24, 2.45) is 11.7 Å². The highest BCUT2D eigenvalue weighted by Gasteiger charge is 2.04. The second kappa shape index (κ2) is 7.79. The second-order valence-electron chi connectivity index (χ2n) is 5.06. The zero-order valence-electron chi connectivity index (χ0n) is 12.1. The van der Waals surface area contributed by atoms with E-state index in [4.69, 9.17) is 15.9 Å². The predicted octanol–water partition coefficient (Wildman–Crippen LogP) is 2.33. The molecule has 0 aliphatic rings. The fraction of sp³-hybridized carbons (Fsp3) is 0.533. The Morgan fingerprint density at radius 2 is 2.00 bits per heavy atom. The number of nitrogen functional groups attached to an aromatic ring is 1. The van der Waals surface area contributed by atoms with E-state index in [-0.39, 0.29) is 5.84 Å². The number of nitrogens with zero attached hydrogens (tertiary/aromatic N) is 1. The van der Waals surface area contributed by atoms with E-state index in [1.54, 1.807) is 12.1 Å². The number of nitrogens with two attached hydrogens (primary N) is 1. The molecule has 0 saturated carbocycles. The van der Waals surface area contributed by atoms with Gasteiger partial charge in [0, 0.05) is 18.7 Å². The van der Waals surface area contributed by atoms with Gasteiger partial charge in [-0.15, -0.1) is 0 Å². The van der Waals surface area contributed by atoms with Gasteiger partial charge in [0.2, 0.25) is 0 Å². The summed E-state index contributed by atoms with van der Waals surface area (Å²) in [6, 6.07) is 7.32. The molecule has 19 heavy (non-hydrogen) atoms. The van der Waals surface area contributed by atoms with E-state index < -0.39 is 0 Å². The number of nitrogens with one attached hydrogen (secondary N) is 1. The third-order valence-electron chi connectivity index (χ3n) is 3.23. The summed E-state index contributed by atoms with van der Waals surface area (Å²) in [5.41, 5.74) is 6.12. The van der Waals surface area contributed by atoms with Crippen LogP contribution >= 0.6 is 0 Å². The minimum absolute atomic E-state index is 0.0832. The number of ether oxygens (including phenoxy) is 1. The molecule has 1 atom stereocenters. The van der Waals surface area contributed by atoms with Crippen molar-refractivity contribution in [3.05, 3.63) is 29.8 Å². The number of hydrogen-bond acceptors (Lipinski definition) is 3. The average molecular weight is 263 g/mol. The molecule has 0 fully saturated rings. The number of amidine groups is 1. The minimum atomic E-state index is 0.0832. The van der Waals surface area contributed by atoms with Crippen molar-refractivity contribution in [3.63, 3.8) is 0 Å². The molecule has 0 spiro atoms. The number of benzene rings is 1. The number of hydrogen-bond donors (Lipinski definition) is 2. The minimum Gasteiger partial charge on any atom is -0.492 e. The van der Waals surface area contributed by atoms with Crippen LogP contribution in [0.5, 0.6) is 5.75 Å². The predicted molar refractivity (Wildman–Crippen MR) is 79.9 cm³/mol. The van der Waals surface area contributed by atoms with Crippen molar-refractivity contribution < 1.29 is 4.74 Å². The van der Waals surface area contributed by atoms with Gasteiger partial charge in [-0.3, -0.25) is 5.41 Å². The Balaban J connectivity index is 2.31. The molecule has 0 aliphatic carbocycles. The molecule has 3 N–H and O–H groups in total. The highest BCUT2D eigenvalue weighted by Crippen LogP contribution is 2.11. The first-order chi connectivity index (χ1) is 9.02. The molecule has 4 nitrogen and oxygen atoms in total. The standard InChI is InChI=1S/C15H25N3O/c1-4-12(2)11-18(3)9-10-19-14-7-5-13(6-8-14)15(16)17/h5-8,12H,4,9-11H2,1-3H3,(H3,16,17). The first kappa shape index (κ1) is 15.5. The molecule has 0 aliphatic heterocycles. The molecular formula is C15H25N3O. The summed E-state index contributed by atoms with van der Waals surface area (Å²) in [5.74, 6) is 1.63. The third kappa shape index (κ3) is 5.75. The van der Waals surface area contributed by atoms with Crippen LogP contribution in [-0.2, 0) is 0 Å². The molecule has 1 unspecified atom stereocenters. The van der Waals surface area contributed by atoms with E-state index in [9.17, 15) is 0 Å². The van der Waals surface area contributed by atoms with E-state index >= 15 is 0 Å². The highest BCUT2D eigenvalue weighted by molar-refractivity contribution is 5.94. The monoisotopic (exact) mass is 263 g/mol. The zero-order valence-corrected chi connectivity index (χ0v) is 12.1. The summed E-state index contributed by atoms with van der Waals surface area (Å²) in [5, 5.41) is 7.31. The fourth-order valence-corrected chi connectivity index (χ4v) is 1.80. The Morgan fingerprint density at radius 3 is 2.53 bits per heavy atom. The third-order valence-corrected chi connectivity index (χ3v) is 3.23. The van der Waals surface area contributed by atoms with Gasteiger partial charge < -0.3 is 15.4 Å². The van der Waals surface area contributed by atoms with Gasteiger partial charge in [-0.2, -0.15) is 0 Å². The zero-order chi connectivity index (χ0) is 14.3. The Kier molecular flexibility index (Phi) is 6.36. The molecule has 0 heterocycles. The molecule has 4 heteroatoms. The van der Waals surface area contributed by atoms with Crippen LogP contribution in [0, 0.1) is 11.3 Å². The van der Waals surface area contributed by atoms with Crippen molar-refractivity contribution in [2.75, 3.05) is 26.7 Å². The fourth-order valence-electron chi connectivity index (χ4n) is 1.80. The Labute approximate surface area is 116 Å². The van der Waals surface area contributed by atoms with E-state index in [0.717, 1.165) is 30.3 Å². The van der Waals surface area contributed by atoms with Crippen molar-refractivity contribution in [2.45, 2.75) is 20.3 Å². The molecule has 0 amide bonds. The van der Waals surface area contributed by atoms with E-state index in [1.165, 1.54) is 6.42 Å². The molecule has 106 valence electrons. The van der Waals surface area contributed by atoms with Gasteiger partial charge in [-0.1, -0.05) is 20.3 Å². The average Bonchev–Trinajstić information content (AvgIpc) is 2.39. The van der Waals surface area contributed by atoms with Crippen LogP contribution in [0.15, 0.2) is 24.3 Å². The molecule has 1 rings (SSSR count). The molecule has 1 aromatic rings. The van der Waals surface area contributed by atoms with Crippen molar-refractivity contribution >= 4 is 5.84 Å². The maximum Gasteiger partial charge on any atom is 0.122 e. The molecule has 1 aromatic carbocycles.